The fourth-order valence-electron chi connectivity index (χ4n) is 3.20. The predicted molar refractivity (Wildman–Crippen MR) is 101 cm³/mol. The summed E-state index contributed by atoms with van der Waals surface area (Å²) in [6, 6.07) is 9.16. The van der Waals surface area contributed by atoms with Crippen molar-refractivity contribution in [1.29, 1.82) is 0 Å². The number of hydrogen-bond acceptors (Lipinski definition) is 4. The van der Waals surface area contributed by atoms with Gasteiger partial charge in [0.05, 0.1) is 6.04 Å². The van der Waals surface area contributed by atoms with Crippen LogP contribution in [0.3, 0.4) is 0 Å². The normalized spacial score (nSPS) is 18.5. The van der Waals surface area contributed by atoms with E-state index in [9.17, 15) is 9.59 Å². The van der Waals surface area contributed by atoms with Crippen LogP contribution in [0.25, 0.3) is 0 Å². The highest BCUT2D eigenvalue weighted by Crippen LogP contribution is 2.19. The highest BCUT2D eigenvalue weighted by molar-refractivity contribution is 5.82. The van der Waals surface area contributed by atoms with Crippen molar-refractivity contribution >= 4 is 12.0 Å². The van der Waals surface area contributed by atoms with Crippen molar-refractivity contribution in [2.24, 2.45) is 17.6 Å². The zero-order valence-electron chi connectivity index (χ0n) is 16.1. The van der Waals surface area contributed by atoms with Crippen LogP contribution >= 0.6 is 0 Å². The largest absolute Gasteiger partial charge is 0.445 e. The molecule has 2 atom stereocenters. The number of hydrogen-bond donors (Lipinski definition) is 1. The van der Waals surface area contributed by atoms with Crippen LogP contribution in [0.4, 0.5) is 4.79 Å². The summed E-state index contributed by atoms with van der Waals surface area (Å²) < 4.78 is 5.36. The van der Waals surface area contributed by atoms with Crippen molar-refractivity contribution in [2.75, 3.05) is 26.7 Å². The molecule has 1 aromatic rings. The Morgan fingerprint density at radius 1 is 1.31 bits per heavy atom. The van der Waals surface area contributed by atoms with Crippen LogP contribution < -0.4 is 5.73 Å². The third-order valence-electron chi connectivity index (χ3n) is 4.88. The molecule has 2 amide bonds. The summed E-state index contributed by atoms with van der Waals surface area (Å²) in [5, 5.41) is 0. The molecule has 0 spiro atoms. The molecule has 1 heterocycles. The number of carbonyl (C=O) groups is 2. The van der Waals surface area contributed by atoms with Crippen molar-refractivity contribution in [1.82, 2.24) is 9.80 Å². The fourth-order valence-corrected chi connectivity index (χ4v) is 3.20. The quantitative estimate of drug-likeness (QED) is 0.844. The van der Waals surface area contributed by atoms with Gasteiger partial charge in [0.1, 0.15) is 6.61 Å². The summed E-state index contributed by atoms with van der Waals surface area (Å²) in [7, 11) is 1.74. The summed E-state index contributed by atoms with van der Waals surface area (Å²) >= 11 is 0. The van der Waals surface area contributed by atoms with E-state index < -0.39 is 6.04 Å². The average Bonchev–Trinajstić information content (AvgIpc) is 2.65. The Balaban J connectivity index is 1.81. The summed E-state index contributed by atoms with van der Waals surface area (Å²) in [6.07, 6.45) is 1.60. The molecule has 0 saturated carbocycles. The zero-order valence-corrected chi connectivity index (χ0v) is 16.1. The molecule has 6 heteroatoms. The first-order valence-electron chi connectivity index (χ1n) is 9.34. The van der Waals surface area contributed by atoms with Crippen LogP contribution in [0.15, 0.2) is 30.3 Å². The summed E-state index contributed by atoms with van der Waals surface area (Å²) in [6.45, 7) is 6.16. The van der Waals surface area contributed by atoms with E-state index in [0.29, 0.717) is 13.1 Å². The van der Waals surface area contributed by atoms with Crippen molar-refractivity contribution in [3.63, 3.8) is 0 Å². The van der Waals surface area contributed by atoms with E-state index in [0.717, 1.165) is 24.9 Å². The van der Waals surface area contributed by atoms with E-state index >= 15 is 0 Å². The van der Waals surface area contributed by atoms with Crippen molar-refractivity contribution in [3.05, 3.63) is 35.9 Å². The Labute approximate surface area is 156 Å². The Morgan fingerprint density at radius 2 is 2.00 bits per heavy atom. The third-order valence-corrected chi connectivity index (χ3v) is 4.88. The maximum atomic E-state index is 12.5. The number of nitrogens with two attached hydrogens (primary N) is 1. The SMILES string of the molecule is CC(C)[C@H](N)C(=O)N1CCCC(CN(C)C(=O)OCc2ccccc2)C1. The highest BCUT2D eigenvalue weighted by Gasteiger charge is 2.29. The molecule has 1 aliphatic rings. The molecule has 1 aliphatic heterocycles. The Bertz CT molecular complexity index is 591. The van der Waals surface area contributed by atoms with Gasteiger partial charge >= 0.3 is 6.09 Å². The van der Waals surface area contributed by atoms with Gasteiger partial charge < -0.3 is 20.3 Å². The second-order valence-electron chi connectivity index (χ2n) is 7.48. The number of amides is 2. The van der Waals surface area contributed by atoms with Crippen LogP contribution in [0.2, 0.25) is 0 Å². The van der Waals surface area contributed by atoms with Crippen molar-refractivity contribution in [2.45, 2.75) is 39.3 Å². The molecule has 0 aromatic heterocycles. The minimum absolute atomic E-state index is 0.0130. The minimum Gasteiger partial charge on any atom is -0.445 e. The van der Waals surface area contributed by atoms with Gasteiger partial charge in [0.15, 0.2) is 0 Å². The molecule has 144 valence electrons. The fraction of sp³-hybridized carbons (Fsp3) is 0.600. The number of piperidine rings is 1. The lowest BCUT2D eigenvalue weighted by Gasteiger charge is -2.36. The van der Waals surface area contributed by atoms with E-state index in [1.54, 1.807) is 11.9 Å². The Hall–Kier alpha value is -2.08. The number of nitrogens with zero attached hydrogens (tertiary/aromatic N) is 2. The molecular weight excluding hydrogens is 330 g/mol. The van der Waals surface area contributed by atoms with E-state index in [-0.39, 0.29) is 30.4 Å². The summed E-state index contributed by atoms with van der Waals surface area (Å²) in [4.78, 5) is 28.1. The minimum atomic E-state index is -0.456. The van der Waals surface area contributed by atoms with Gasteiger partial charge in [-0.15, -0.1) is 0 Å². The van der Waals surface area contributed by atoms with Crippen LogP contribution in [0, 0.1) is 11.8 Å². The molecule has 26 heavy (non-hydrogen) atoms. The molecule has 2 rings (SSSR count). The molecule has 1 fully saturated rings. The molecule has 0 bridgehead atoms. The van der Waals surface area contributed by atoms with E-state index in [1.165, 1.54) is 0 Å². The van der Waals surface area contributed by atoms with Crippen LogP contribution in [0.5, 0.6) is 0 Å². The van der Waals surface area contributed by atoms with Gasteiger partial charge in [-0.2, -0.15) is 0 Å². The molecule has 1 unspecified atom stereocenters. The molecule has 0 radical (unpaired) electrons. The number of carbonyl (C=O) groups excluding carboxylic acids is 2. The van der Waals surface area contributed by atoms with Gasteiger partial charge in [0.25, 0.3) is 0 Å². The molecule has 1 saturated heterocycles. The van der Waals surface area contributed by atoms with Crippen LogP contribution in [0.1, 0.15) is 32.3 Å². The molecule has 0 aliphatic carbocycles. The Morgan fingerprint density at radius 3 is 2.65 bits per heavy atom. The maximum absolute atomic E-state index is 12.5. The van der Waals surface area contributed by atoms with E-state index in [2.05, 4.69) is 0 Å². The second-order valence-corrected chi connectivity index (χ2v) is 7.48. The van der Waals surface area contributed by atoms with Crippen molar-refractivity contribution < 1.29 is 14.3 Å². The van der Waals surface area contributed by atoms with Gasteiger partial charge in [0, 0.05) is 26.7 Å². The molecule has 1 aromatic carbocycles. The summed E-state index contributed by atoms with van der Waals surface area (Å²) in [5.74, 6) is 0.388. The van der Waals surface area contributed by atoms with E-state index in [4.69, 9.17) is 10.5 Å². The lowest BCUT2D eigenvalue weighted by atomic mass is 9.95. The van der Waals surface area contributed by atoms with Crippen LogP contribution in [-0.4, -0.2) is 54.5 Å². The third kappa shape index (κ3) is 5.73. The number of likely N-dealkylation sites (tertiary alicyclic amines) is 1. The van der Waals surface area contributed by atoms with E-state index in [1.807, 2.05) is 49.1 Å². The lowest BCUT2D eigenvalue weighted by molar-refractivity contribution is -0.135. The topological polar surface area (TPSA) is 75.9 Å². The highest BCUT2D eigenvalue weighted by atomic mass is 16.6. The average molecular weight is 361 g/mol. The zero-order chi connectivity index (χ0) is 19.1. The van der Waals surface area contributed by atoms with Gasteiger partial charge in [-0.3, -0.25) is 4.79 Å². The van der Waals surface area contributed by atoms with Gasteiger partial charge in [0.2, 0.25) is 5.91 Å². The number of rotatable bonds is 6. The first-order valence-corrected chi connectivity index (χ1v) is 9.34. The number of benzene rings is 1. The lowest BCUT2D eigenvalue weighted by Crippen LogP contribution is -2.51. The monoisotopic (exact) mass is 361 g/mol. The molecule has 6 nitrogen and oxygen atoms in total. The first kappa shape index (κ1) is 20.2. The van der Waals surface area contributed by atoms with Gasteiger partial charge in [-0.1, -0.05) is 44.2 Å². The van der Waals surface area contributed by atoms with Gasteiger partial charge in [-0.05, 0) is 30.2 Å². The second kappa shape index (κ2) is 9.57. The molecule has 2 N–H and O–H groups in total. The Kier molecular flexibility index (Phi) is 7.45. The number of ether oxygens (including phenoxy) is 1. The first-order chi connectivity index (χ1) is 12.4. The summed E-state index contributed by atoms with van der Waals surface area (Å²) in [5.41, 5.74) is 6.97. The maximum Gasteiger partial charge on any atom is 0.409 e. The predicted octanol–water partition coefficient (Wildman–Crippen LogP) is 2.48. The standard InChI is InChI=1S/C20H31N3O3/c1-15(2)18(21)19(24)23-11-7-10-17(13-23)12-22(3)20(25)26-14-16-8-5-4-6-9-16/h4-6,8-9,15,17-18H,7,10-14,21H2,1-3H3/t17?,18-/m0/s1. The van der Waals surface area contributed by atoms with Gasteiger partial charge in [-0.25, -0.2) is 4.79 Å². The smallest absolute Gasteiger partial charge is 0.409 e. The van der Waals surface area contributed by atoms with Crippen LogP contribution in [-0.2, 0) is 16.1 Å². The molecular formula is C20H31N3O3. The van der Waals surface area contributed by atoms with Crippen molar-refractivity contribution in [3.8, 4) is 0 Å².